The first kappa shape index (κ1) is 12.3. The molecule has 5 heteroatoms. The lowest BCUT2D eigenvalue weighted by Crippen LogP contribution is -2.10. The summed E-state index contributed by atoms with van der Waals surface area (Å²) in [5.74, 6) is 0.00462. The van der Waals surface area contributed by atoms with Crippen LogP contribution in [0.25, 0.3) is 0 Å². The minimum Gasteiger partial charge on any atom is -0.512 e. The van der Waals surface area contributed by atoms with Gasteiger partial charge in [0.2, 0.25) is 5.91 Å². The van der Waals surface area contributed by atoms with Crippen LogP contribution in [-0.4, -0.2) is 16.0 Å². The van der Waals surface area contributed by atoms with E-state index >= 15 is 0 Å². The van der Waals surface area contributed by atoms with E-state index in [9.17, 15) is 9.90 Å². The maximum atomic E-state index is 10.5. The summed E-state index contributed by atoms with van der Waals surface area (Å²) in [6.07, 6.45) is 6.49. The van der Waals surface area contributed by atoms with Crippen molar-refractivity contribution in [2.24, 2.45) is 11.7 Å². The predicted octanol–water partition coefficient (Wildman–Crippen LogP) is 1.56. The molecule has 88 valence electrons. The molecule has 0 aliphatic heterocycles. The fraction of sp³-hybridized carbons (Fsp3) is 0.455. The summed E-state index contributed by atoms with van der Waals surface area (Å²) in [6, 6.07) is 0. The number of primary amides is 1. The predicted molar refractivity (Wildman–Crippen MR) is 58.5 cm³/mol. The van der Waals surface area contributed by atoms with Gasteiger partial charge >= 0.3 is 0 Å². The smallest absolute Gasteiger partial charge is 0.244 e. The molecule has 0 fully saturated rings. The van der Waals surface area contributed by atoms with E-state index in [0.717, 1.165) is 25.3 Å². The summed E-state index contributed by atoms with van der Waals surface area (Å²) in [4.78, 5) is 14.5. The molecule has 1 heterocycles. The first-order valence-corrected chi connectivity index (χ1v) is 5.18. The van der Waals surface area contributed by atoms with Crippen molar-refractivity contribution in [3.8, 4) is 0 Å². The van der Waals surface area contributed by atoms with Crippen LogP contribution in [0.5, 0.6) is 0 Å². The minimum absolute atomic E-state index is 0.0277. The molecule has 0 saturated heterocycles. The topological polar surface area (TPSA) is 89.3 Å². The number of carbonyl (C=O) groups is 1. The van der Waals surface area contributed by atoms with Crippen LogP contribution >= 0.6 is 0 Å². The molecule has 0 aromatic carbocycles. The zero-order valence-corrected chi connectivity index (χ0v) is 9.22. The molecule has 1 amide bonds. The third-order valence-corrected chi connectivity index (χ3v) is 2.31. The lowest BCUT2D eigenvalue weighted by molar-refractivity contribution is -0.113. The highest BCUT2D eigenvalue weighted by Gasteiger charge is 2.09. The molecule has 0 radical (unpaired) electrons. The molecule has 0 unspecified atom stereocenters. The van der Waals surface area contributed by atoms with Gasteiger partial charge in [0.05, 0.1) is 6.20 Å². The Kier molecular flexibility index (Phi) is 4.57. The van der Waals surface area contributed by atoms with Gasteiger partial charge in [0.1, 0.15) is 12.0 Å². The van der Waals surface area contributed by atoms with E-state index in [0.29, 0.717) is 5.89 Å². The molecular formula is C11H16N2O3. The van der Waals surface area contributed by atoms with E-state index in [1.165, 1.54) is 6.26 Å². The number of aromatic nitrogens is 1. The number of nitrogens with zero attached hydrogens (tertiary/aromatic N) is 1. The Morgan fingerprint density at radius 2 is 2.50 bits per heavy atom. The molecule has 1 aromatic heterocycles. The van der Waals surface area contributed by atoms with Crippen molar-refractivity contribution >= 4 is 5.91 Å². The van der Waals surface area contributed by atoms with Crippen LogP contribution in [0.15, 0.2) is 28.7 Å². The monoisotopic (exact) mass is 224 g/mol. The summed E-state index contributed by atoms with van der Waals surface area (Å²) in [5, 5.41) is 9.47. The molecule has 0 aliphatic rings. The molecule has 1 atom stereocenters. The summed E-state index contributed by atoms with van der Waals surface area (Å²) in [6.45, 7) is 1.84. The standard InChI is InChI=1S/C11H16N2O3/c1-8(9(14)7-10(12)15)3-2-4-11-13-5-6-16-11/h5-8,14H,2-4H2,1H3,(H2,12,15)/b9-7+/t8-/m1/s1. The summed E-state index contributed by atoms with van der Waals surface area (Å²) < 4.78 is 5.08. The second kappa shape index (κ2) is 5.95. The highest BCUT2D eigenvalue weighted by atomic mass is 16.3. The molecule has 16 heavy (non-hydrogen) atoms. The van der Waals surface area contributed by atoms with Crippen molar-refractivity contribution in [1.82, 2.24) is 4.98 Å². The lowest BCUT2D eigenvalue weighted by Gasteiger charge is -2.08. The van der Waals surface area contributed by atoms with Crippen molar-refractivity contribution in [2.75, 3.05) is 0 Å². The number of allylic oxidation sites excluding steroid dienone is 1. The second-order valence-corrected chi connectivity index (χ2v) is 3.69. The molecule has 5 nitrogen and oxygen atoms in total. The average Bonchev–Trinajstić information content (AvgIpc) is 2.69. The number of rotatable bonds is 6. The molecule has 3 N–H and O–H groups in total. The average molecular weight is 224 g/mol. The van der Waals surface area contributed by atoms with Gasteiger partial charge in [0.15, 0.2) is 5.89 Å². The number of hydrogen-bond acceptors (Lipinski definition) is 4. The molecule has 0 saturated carbocycles. The number of carbonyl (C=O) groups excluding carboxylic acids is 1. The Morgan fingerprint density at radius 3 is 3.06 bits per heavy atom. The summed E-state index contributed by atoms with van der Waals surface area (Å²) in [5.41, 5.74) is 4.94. The third kappa shape index (κ3) is 4.16. The van der Waals surface area contributed by atoms with Crippen LogP contribution in [0, 0.1) is 5.92 Å². The zero-order chi connectivity index (χ0) is 12.0. The van der Waals surface area contributed by atoms with Gasteiger partial charge in [0, 0.05) is 18.4 Å². The molecule has 0 aliphatic carbocycles. The van der Waals surface area contributed by atoms with Crippen LogP contribution < -0.4 is 5.73 Å². The van der Waals surface area contributed by atoms with E-state index in [1.807, 2.05) is 6.92 Å². The van der Waals surface area contributed by atoms with Gasteiger partial charge in [-0.3, -0.25) is 4.79 Å². The van der Waals surface area contributed by atoms with Crippen LogP contribution in [-0.2, 0) is 11.2 Å². The number of aryl methyl sites for hydroxylation is 1. The first-order valence-electron chi connectivity index (χ1n) is 5.18. The number of amides is 1. The van der Waals surface area contributed by atoms with Gasteiger partial charge in [-0.2, -0.15) is 0 Å². The quantitative estimate of drug-likeness (QED) is 0.566. The highest BCUT2D eigenvalue weighted by Crippen LogP contribution is 2.15. The van der Waals surface area contributed by atoms with Crippen molar-refractivity contribution in [3.05, 3.63) is 30.2 Å². The SMILES string of the molecule is C[C@H](CCCc1ncco1)/C(O)=C\C(N)=O. The number of oxazole rings is 1. The lowest BCUT2D eigenvalue weighted by atomic mass is 10.0. The summed E-state index contributed by atoms with van der Waals surface area (Å²) >= 11 is 0. The Hall–Kier alpha value is -1.78. The van der Waals surface area contributed by atoms with Crippen LogP contribution in [0.1, 0.15) is 25.7 Å². The van der Waals surface area contributed by atoms with Gasteiger partial charge in [-0.05, 0) is 12.8 Å². The molecule has 1 aromatic rings. The third-order valence-electron chi connectivity index (χ3n) is 2.31. The zero-order valence-electron chi connectivity index (χ0n) is 9.22. The number of hydrogen-bond donors (Lipinski definition) is 2. The fourth-order valence-corrected chi connectivity index (χ4v) is 1.37. The largest absolute Gasteiger partial charge is 0.512 e. The number of nitrogens with two attached hydrogens (primary N) is 1. The molecular weight excluding hydrogens is 208 g/mol. The van der Waals surface area contributed by atoms with E-state index in [-0.39, 0.29) is 11.7 Å². The second-order valence-electron chi connectivity index (χ2n) is 3.69. The first-order chi connectivity index (χ1) is 7.59. The Balaban J connectivity index is 2.30. The normalized spacial score (nSPS) is 13.7. The maximum absolute atomic E-state index is 10.5. The minimum atomic E-state index is -0.628. The highest BCUT2D eigenvalue weighted by molar-refractivity contribution is 5.86. The molecule has 0 bridgehead atoms. The van der Waals surface area contributed by atoms with Crippen LogP contribution in [0.2, 0.25) is 0 Å². The van der Waals surface area contributed by atoms with E-state index < -0.39 is 5.91 Å². The summed E-state index contributed by atoms with van der Waals surface area (Å²) in [7, 11) is 0. The van der Waals surface area contributed by atoms with Crippen molar-refractivity contribution in [2.45, 2.75) is 26.2 Å². The maximum Gasteiger partial charge on any atom is 0.244 e. The van der Waals surface area contributed by atoms with Gasteiger partial charge in [-0.1, -0.05) is 6.92 Å². The number of aliphatic hydroxyl groups excluding tert-OH is 1. The van der Waals surface area contributed by atoms with Crippen molar-refractivity contribution in [1.29, 1.82) is 0 Å². The Morgan fingerprint density at radius 1 is 1.75 bits per heavy atom. The van der Waals surface area contributed by atoms with Gasteiger partial charge in [0.25, 0.3) is 0 Å². The van der Waals surface area contributed by atoms with Gasteiger partial charge < -0.3 is 15.3 Å². The van der Waals surface area contributed by atoms with E-state index in [4.69, 9.17) is 10.2 Å². The fourth-order valence-electron chi connectivity index (χ4n) is 1.37. The Labute approximate surface area is 94.0 Å². The van der Waals surface area contributed by atoms with Crippen molar-refractivity contribution in [3.63, 3.8) is 0 Å². The number of aliphatic hydroxyl groups is 1. The van der Waals surface area contributed by atoms with E-state index in [1.54, 1.807) is 6.20 Å². The molecule has 0 spiro atoms. The molecule has 1 rings (SSSR count). The van der Waals surface area contributed by atoms with Gasteiger partial charge in [-0.25, -0.2) is 4.98 Å². The Bertz CT molecular complexity index is 357. The van der Waals surface area contributed by atoms with E-state index in [2.05, 4.69) is 4.98 Å². The van der Waals surface area contributed by atoms with Crippen LogP contribution in [0.3, 0.4) is 0 Å². The van der Waals surface area contributed by atoms with Gasteiger partial charge in [-0.15, -0.1) is 0 Å². The van der Waals surface area contributed by atoms with Crippen LogP contribution in [0.4, 0.5) is 0 Å². The van der Waals surface area contributed by atoms with Crippen molar-refractivity contribution < 1.29 is 14.3 Å².